The molecule has 0 radical (unpaired) electrons. The summed E-state index contributed by atoms with van der Waals surface area (Å²) in [5.41, 5.74) is 0.354. The SMILES string of the molecule is CCOc1ccc(N(CC(=O)Nc2ccc(F)cc2F)C(C)=O)cc1. The number of benzene rings is 2. The summed E-state index contributed by atoms with van der Waals surface area (Å²) in [6, 6.07) is 9.51. The van der Waals surface area contributed by atoms with Crippen molar-refractivity contribution in [2.45, 2.75) is 13.8 Å². The Labute approximate surface area is 144 Å². The third-order valence-corrected chi connectivity index (χ3v) is 3.35. The highest BCUT2D eigenvalue weighted by atomic mass is 19.1. The number of carbonyl (C=O) groups is 2. The van der Waals surface area contributed by atoms with Crippen LogP contribution in [0.4, 0.5) is 20.2 Å². The number of carbonyl (C=O) groups excluding carboxylic acids is 2. The van der Waals surface area contributed by atoms with E-state index in [0.717, 1.165) is 12.1 Å². The first-order valence-electron chi connectivity index (χ1n) is 7.66. The fourth-order valence-corrected chi connectivity index (χ4v) is 2.20. The van der Waals surface area contributed by atoms with E-state index in [1.54, 1.807) is 24.3 Å². The van der Waals surface area contributed by atoms with Crippen LogP contribution in [0.2, 0.25) is 0 Å². The first-order valence-corrected chi connectivity index (χ1v) is 7.66. The fraction of sp³-hybridized carbons (Fsp3) is 0.222. The Bertz CT molecular complexity index is 763. The maximum Gasteiger partial charge on any atom is 0.244 e. The van der Waals surface area contributed by atoms with Crippen LogP contribution >= 0.6 is 0 Å². The van der Waals surface area contributed by atoms with E-state index in [9.17, 15) is 18.4 Å². The van der Waals surface area contributed by atoms with Crippen molar-refractivity contribution in [3.8, 4) is 5.75 Å². The van der Waals surface area contributed by atoms with Crippen molar-refractivity contribution in [3.05, 3.63) is 54.1 Å². The zero-order chi connectivity index (χ0) is 18.4. The Kier molecular flexibility index (Phi) is 6.05. The Balaban J connectivity index is 2.10. The second-order valence-corrected chi connectivity index (χ2v) is 5.20. The maximum atomic E-state index is 13.6. The van der Waals surface area contributed by atoms with Gasteiger partial charge in [-0.25, -0.2) is 8.78 Å². The fourth-order valence-electron chi connectivity index (χ4n) is 2.20. The van der Waals surface area contributed by atoms with Gasteiger partial charge in [-0.15, -0.1) is 0 Å². The molecule has 0 aliphatic carbocycles. The summed E-state index contributed by atoms with van der Waals surface area (Å²) in [4.78, 5) is 25.2. The molecule has 0 spiro atoms. The predicted molar refractivity (Wildman–Crippen MR) is 90.6 cm³/mol. The molecular weight excluding hydrogens is 330 g/mol. The van der Waals surface area contributed by atoms with Gasteiger partial charge in [-0.3, -0.25) is 9.59 Å². The smallest absolute Gasteiger partial charge is 0.244 e. The molecule has 0 aromatic heterocycles. The van der Waals surface area contributed by atoms with E-state index in [1.807, 2.05) is 6.92 Å². The van der Waals surface area contributed by atoms with Crippen LogP contribution in [-0.4, -0.2) is 25.0 Å². The molecule has 0 aliphatic rings. The van der Waals surface area contributed by atoms with E-state index in [2.05, 4.69) is 5.32 Å². The number of nitrogens with one attached hydrogen (secondary N) is 1. The van der Waals surface area contributed by atoms with Gasteiger partial charge in [-0.1, -0.05) is 0 Å². The molecule has 0 unspecified atom stereocenters. The molecule has 2 amide bonds. The second-order valence-electron chi connectivity index (χ2n) is 5.20. The number of amides is 2. The summed E-state index contributed by atoms with van der Waals surface area (Å²) in [6.45, 7) is 3.39. The lowest BCUT2D eigenvalue weighted by atomic mass is 10.2. The summed E-state index contributed by atoms with van der Waals surface area (Å²) in [5, 5.41) is 2.33. The molecule has 0 fully saturated rings. The van der Waals surface area contributed by atoms with Crippen LogP contribution in [-0.2, 0) is 9.59 Å². The molecule has 2 aromatic carbocycles. The van der Waals surface area contributed by atoms with E-state index in [0.29, 0.717) is 24.1 Å². The number of ether oxygens (including phenoxy) is 1. The number of rotatable bonds is 6. The summed E-state index contributed by atoms with van der Waals surface area (Å²) < 4.78 is 31.8. The van der Waals surface area contributed by atoms with Crippen molar-refractivity contribution in [3.63, 3.8) is 0 Å². The summed E-state index contributed by atoms with van der Waals surface area (Å²) in [5.74, 6) is -1.93. The highest BCUT2D eigenvalue weighted by Crippen LogP contribution is 2.20. The molecule has 7 heteroatoms. The number of nitrogens with zero attached hydrogens (tertiary/aromatic N) is 1. The molecule has 2 aromatic rings. The summed E-state index contributed by atoms with van der Waals surface area (Å²) in [7, 11) is 0. The lowest BCUT2D eigenvalue weighted by Gasteiger charge is -2.21. The number of halogens is 2. The molecule has 0 saturated heterocycles. The Morgan fingerprint density at radius 1 is 1.12 bits per heavy atom. The van der Waals surface area contributed by atoms with Gasteiger partial charge in [-0.2, -0.15) is 0 Å². The Hall–Kier alpha value is -2.96. The molecule has 1 N–H and O–H groups in total. The van der Waals surface area contributed by atoms with Gasteiger partial charge in [0, 0.05) is 18.7 Å². The van der Waals surface area contributed by atoms with Gasteiger partial charge in [0.2, 0.25) is 11.8 Å². The van der Waals surface area contributed by atoms with Crippen LogP contribution < -0.4 is 15.0 Å². The van der Waals surface area contributed by atoms with Crippen molar-refractivity contribution < 1.29 is 23.1 Å². The highest BCUT2D eigenvalue weighted by molar-refractivity contribution is 6.01. The van der Waals surface area contributed by atoms with Gasteiger partial charge in [0.25, 0.3) is 0 Å². The van der Waals surface area contributed by atoms with Gasteiger partial charge in [-0.05, 0) is 43.3 Å². The number of anilines is 2. The number of hydrogen-bond acceptors (Lipinski definition) is 3. The van der Waals surface area contributed by atoms with Crippen LogP contribution in [0.5, 0.6) is 5.75 Å². The summed E-state index contributed by atoms with van der Waals surface area (Å²) in [6.07, 6.45) is 0. The lowest BCUT2D eigenvalue weighted by Crippen LogP contribution is -2.36. The van der Waals surface area contributed by atoms with Crippen molar-refractivity contribution in [2.24, 2.45) is 0 Å². The molecule has 0 aliphatic heterocycles. The number of hydrogen-bond donors (Lipinski definition) is 1. The van der Waals surface area contributed by atoms with Crippen molar-refractivity contribution in [1.29, 1.82) is 0 Å². The average Bonchev–Trinajstić information content (AvgIpc) is 2.56. The zero-order valence-corrected chi connectivity index (χ0v) is 13.9. The quantitative estimate of drug-likeness (QED) is 0.871. The highest BCUT2D eigenvalue weighted by Gasteiger charge is 2.17. The van der Waals surface area contributed by atoms with Crippen LogP contribution in [0.25, 0.3) is 0 Å². The molecule has 2 rings (SSSR count). The third kappa shape index (κ3) is 5.00. The molecule has 132 valence electrons. The second kappa shape index (κ2) is 8.23. The largest absolute Gasteiger partial charge is 0.494 e. The normalized spacial score (nSPS) is 10.2. The van der Waals surface area contributed by atoms with Crippen molar-refractivity contribution >= 4 is 23.2 Å². The van der Waals surface area contributed by atoms with Crippen LogP contribution in [0, 0.1) is 11.6 Å². The van der Waals surface area contributed by atoms with Gasteiger partial charge < -0.3 is 15.0 Å². The molecular formula is C18H18F2N2O3. The van der Waals surface area contributed by atoms with Crippen LogP contribution in [0.3, 0.4) is 0 Å². The average molecular weight is 348 g/mol. The lowest BCUT2D eigenvalue weighted by molar-refractivity contribution is -0.120. The molecule has 25 heavy (non-hydrogen) atoms. The van der Waals surface area contributed by atoms with Crippen LogP contribution in [0.1, 0.15) is 13.8 Å². The van der Waals surface area contributed by atoms with Gasteiger partial charge >= 0.3 is 0 Å². The minimum Gasteiger partial charge on any atom is -0.494 e. The van der Waals surface area contributed by atoms with Crippen molar-refractivity contribution in [2.75, 3.05) is 23.4 Å². The third-order valence-electron chi connectivity index (χ3n) is 3.35. The van der Waals surface area contributed by atoms with E-state index < -0.39 is 17.5 Å². The van der Waals surface area contributed by atoms with E-state index >= 15 is 0 Å². The minimum absolute atomic E-state index is 0.151. The molecule has 5 nitrogen and oxygen atoms in total. The Morgan fingerprint density at radius 2 is 1.80 bits per heavy atom. The monoisotopic (exact) mass is 348 g/mol. The van der Waals surface area contributed by atoms with Gasteiger partial charge in [0.1, 0.15) is 23.9 Å². The van der Waals surface area contributed by atoms with Gasteiger partial charge in [0.15, 0.2) is 0 Å². The topological polar surface area (TPSA) is 58.6 Å². The summed E-state index contributed by atoms with van der Waals surface area (Å²) >= 11 is 0. The molecule has 0 atom stereocenters. The van der Waals surface area contributed by atoms with E-state index in [-0.39, 0.29) is 18.1 Å². The first kappa shape index (κ1) is 18.4. The van der Waals surface area contributed by atoms with Crippen molar-refractivity contribution in [1.82, 2.24) is 0 Å². The predicted octanol–water partition coefficient (Wildman–Crippen LogP) is 3.36. The first-order chi connectivity index (χ1) is 11.9. The zero-order valence-electron chi connectivity index (χ0n) is 13.9. The Morgan fingerprint density at radius 3 is 2.36 bits per heavy atom. The van der Waals surface area contributed by atoms with Crippen LogP contribution in [0.15, 0.2) is 42.5 Å². The van der Waals surface area contributed by atoms with Gasteiger partial charge in [0.05, 0.1) is 12.3 Å². The molecule has 0 saturated carbocycles. The standard InChI is InChI=1S/C18H18F2N2O3/c1-3-25-15-7-5-14(6-8-15)22(12(2)23)11-18(24)21-17-9-4-13(19)10-16(17)20/h4-10H,3,11H2,1-2H3,(H,21,24). The molecule has 0 bridgehead atoms. The maximum absolute atomic E-state index is 13.6. The van der Waals surface area contributed by atoms with E-state index in [1.165, 1.54) is 11.8 Å². The molecule has 0 heterocycles. The van der Waals surface area contributed by atoms with E-state index in [4.69, 9.17) is 4.74 Å². The minimum atomic E-state index is -0.885.